The molecule has 0 fully saturated rings. The minimum atomic E-state index is -1.16. The molecule has 0 rings (SSSR count). The molecule has 0 aliphatic carbocycles. The van der Waals surface area contributed by atoms with E-state index in [-0.39, 0.29) is 6.42 Å². The number of carboxylic acid groups (broad SMARTS) is 1. The molecule has 0 heterocycles. The highest BCUT2D eigenvalue weighted by atomic mass is 32.1. The van der Waals surface area contributed by atoms with E-state index in [4.69, 9.17) is 16.6 Å². The summed E-state index contributed by atoms with van der Waals surface area (Å²) in [7, 11) is 0. The number of carbonyl (C=O) groups is 2. The molecular weight excluding hydrogens is 168 g/mol. The van der Waals surface area contributed by atoms with E-state index < -0.39 is 23.2 Å². The first kappa shape index (κ1) is 10.2. The van der Waals surface area contributed by atoms with E-state index in [0.29, 0.717) is 0 Å². The van der Waals surface area contributed by atoms with Crippen LogP contribution < -0.4 is 11.5 Å². The number of aliphatic carboxylic acids is 1. The molecule has 0 saturated carbocycles. The van der Waals surface area contributed by atoms with E-state index in [1.807, 2.05) is 0 Å². The fraction of sp³-hybridized carbons (Fsp3) is 0.600. The number of hydrogen-bond acceptors (Lipinski definition) is 4. The van der Waals surface area contributed by atoms with Crippen molar-refractivity contribution in [1.29, 1.82) is 0 Å². The second-order valence-electron chi connectivity index (χ2n) is 2.10. The number of primary amides is 1. The summed E-state index contributed by atoms with van der Waals surface area (Å²) in [6.07, 6.45) is -0.0478. The third kappa shape index (κ3) is 3.84. The molecule has 64 valence electrons. The van der Waals surface area contributed by atoms with Gasteiger partial charge >= 0.3 is 5.97 Å². The molecular formula is C5H10N2O3S. The molecule has 0 aliphatic heterocycles. The van der Waals surface area contributed by atoms with Crippen LogP contribution in [-0.4, -0.2) is 28.3 Å². The van der Waals surface area contributed by atoms with E-state index in [1.165, 1.54) is 0 Å². The quantitative estimate of drug-likeness (QED) is 0.396. The standard InChI is InChI=1S/C5H10N2O3S/c6-2(5(9)10)1-3(11)4(7)8/h2-3,11H,1,6H2,(H2,7,8)(H,9,10). The topological polar surface area (TPSA) is 106 Å². The maximum atomic E-state index is 10.4. The summed E-state index contributed by atoms with van der Waals surface area (Å²) in [5.41, 5.74) is 9.92. The van der Waals surface area contributed by atoms with Gasteiger partial charge in [-0.25, -0.2) is 0 Å². The Morgan fingerprint density at radius 3 is 2.27 bits per heavy atom. The Labute approximate surface area is 69.2 Å². The molecule has 0 aliphatic rings. The zero-order chi connectivity index (χ0) is 9.02. The number of amides is 1. The van der Waals surface area contributed by atoms with Gasteiger partial charge in [-0.15, -0.1) is 0 Å². The van der Waals surface area contributed by atoms with E-state index in [0.717, 1.165) is 0 Å². The maximum absolute atomic E-state index is 10.4. The first-order valence-electron chi connectivity index (χ1n) is 2.91. The fourth-order valence-corrected chi connectivity index (χ4v) is 0.685. The van der Waals surface area contributed by atoms with Crippen LogP contribution in [0.15, 0.2) is 0 Å². The average Bonchev–Trinajstić information content (AvgIpc) is 1.87. The Balaban J connectivity index is 3.84. The number of nitrogens with two attached hydrogens (primary N) is 2. The van der Waals surface area contributed by atoms with Crippen LogP contribution in [0.4, 0.5) is 0 Å². The van der Waals surface area contributed by atoms with Gasteiger partial charge in [-0.1, -0.05) is 0 Å². The molecule has 6 heteroatoms. The summed E-state index contributed by atoms with van der Waals surface area (Å²) in [6, 6.07) is -1.08. The summed E-state index contributed by atoms with van der Waals surface area (Å²) in [6.45, 7) is 0. The third-order valence-corrected chi connectivity index (χ3v) is 1.59. The predicted molar refractivity (Wildman–Crippen MR) is 42.2 cm³/mol. The van der Waals surface area contributed by atoms with Crippen LogP contribution >= 0.6 is 12.6 Å². The smallest absolute Gasteiger partial charge is 0.320 e. The first-order chi connectivity index (χ1) is 4.95. The number of hydrogen-bond donors (Lipinski definition) is 4. The first-order valence-corrected chi connectivity index (χ1v) is 3.42. The lowest BCUT2D eigenvalue weighted by atomic mass is 10.1. The molecule has 2 unspecified atom stereocenters. The second kappa shape index (κ2) is 4.20. The van der Waals surface area contributed by atoms with Crippen molar-refractivity contribution in [2.75, 3.05) is 0 Å². The number of carboxylic acids is 1. The van der Waals surface area contributed by atoms with Gasteiger partial charge in [0.2, 0.25) is 5.91 Å². The average molecular weight is 178 g/mol. The lowest BCUT2D eigenvalue weighted by Gasteiger charge is -2.08. The van der Waals surface area contributed by atoms with Gasteiger partial charge in [-0.2, -0.15) is 12.6 Å². The summed E-state index contributed by atoms with van der Waals surface area (Å²) < 4.78 is 0. The monoisotopic (exact) mass is 178 g/mol. The van der Waals surface area contributed by atoms with Crippen LogP contribution in [0, 0.1) is 0 Å². The molecule has 0 aromatic rings. The second-order valence-corrected chi connectivity index (χ2v) is 2.72. The molecule has 0 radical (unpaired) electrons. The Morgan fingerprint density at radius 1 is 1.55 bits per heavy atom. The minimum absolute atomic E-state index is 0.0478. The number of rotatable bonds is 4. The minimum Gasteiger partial charge on any atom is -0.480 e. The van der Waals surface area contributed by atoms with Gasteiger partial charge in [0.1, 0.15) is 6.04 Å². The molecule has 5 nitrogen and oxygen atoms in total. The van der Waals surface area contributed by atoms with Gasteiger partial charge in [0.25, 0.3) is 0 Å². The van der Waals surface area contributed by atoms with E-state index in [2.05, 4.69) is 12.6 Å². The Morgan fingerprint density at radius 2 is 2.00 bits per heavy atom. The van der Waals surface area contributed by atoms with Crippen molar-refractivity contribution in [3.63, 3.8) is 0 Å². The van der Waals surface area contributed by atoms with Gasteiger partial charge in [-0.3, -0.25) is 9.59 Å². The van der Waals surface area contributed by atoms with Crippen molar-refractivity contribution < 1.29 is 14.7 Å². The summed E-state index contributed by atoms with van der Waals surface area (Å²) in [5, 5.41) is 7.51. The number of thiol groups is 1. The van der Waals surface area contributed by atoms with Crippen LogP contribution in [0.25, 0.3) is 0 Å². The molecule has 0 aromatic carbocycles. The normalized spacial score (nSPS) is 15.5. The SMILES string of the molecule is NC(=O)C(S)CC(N)C(=O)O. The van der Waals surface area contributed by atoms with Crippen molar-refractivity contribution >= 4 is 24.5 Å². The van der Waals surface area contributed by atoms with Crippen molar-refractivity contribution in [1.82, 2.24) is 0 Å². The molecule has 11 heavy (non-hydrogen) atoms. The van der Waals surface area contributed by atoms with Crippen LogP contribution in [0.3, 0.4) is 0 Å². The summed E-state index contributed by atoms with van der Waals surface area (Å²) in [5.74, 6) is -1.82. The van der Waals surface area contributed by atoms with Crippen molar-refractivity contribution in [3.8, 4) is 0 Å². The highest BCUT2D eigenvalue weighted by molar-refractivity contribution is 7.81. The highest BCUT2D eigenvalue weighted by Gasteiger charge is 2.19. The van der Waals surface area contributed by atoms with Gasteiger partial charge in [0, 0.05) is 0 Å². The van der Waals surface area contributed by atoms with Crippen molar-refractivity contribution in [2.45, 2.75) is 17.7 Å². The van der Waals surface area contributed by atoms with E-state index in [9.17, 15) is 9.59 Å². The third-order valence-electron chi connectivity index (χ3n) is 1.12. The predicted octanol–water partition coefficient (Wildman–Crippen LogP) is -1.43. The molecule has 2 atom stereocenters. The molecule has 5 N–H and O–H groups in total. The molecule has 1 amide bonds. The van der Waals surface area contributed by atoms with Gasteiger partial charge in [0.15, 0.2) is 0 Å². The fourth-order valence-electron chi connectivity index (χ4n) is 0.458. The Hall–Kier alpha value is -0.750. The molecule has 0 bridgehead atoms. The van der Waals surface area contributed by atoms with Crippen molar-refractivity contribution in [2.24, 2.45) is 11.5 Å². The lowest BCUT2D eigenvalue weighted by Crippen LogP contribution is -2.36. The zero-order valence-corrected chi connectivity index (χ0v) is 6.62. The van der Waals surface area contributed by atoms with Crippen LogP contribution in [-0.2, 0) is 9.59 Å². The largest absolute Gasteiger partial charge is 0.480 e. The van der Waals surface area contributed by atoms with E-state index >= 15 is 0 Å². The van der Waals surface area contributed by atoms with Gasteiger partial charge < -0.3 is 16.6 Å². The zero-order valence-electron chi connectivity index (χ0n) is 5.73. The molecule has 0 aromatic heterocycles. The summed E-state index contributed by atoms with van der Waals surface area (Å²) in [4.78, 5) is 20.5. The van der Waals surface area contributed by atoms with E-state index in [1.54, 1.807) is 0 Å². The Bertz CT molecular complexity index is 155. The highest BCUT2D eigenvalue weighted by Crippen LogP contribution is 2.02. The van der Waals surface area contributed by atoms with Gasteiger partial charge in [0.05, 0.1) is 5.25 Å². The van der Waals surface area contributed by atoms with Gasteiger partial charge in [-0.05, 0) is 6.42 Å². The molecule has 0 spiro atoms. The van der Waals surface area contributed by atoms with Crippen LogP contribution in [0.2, 0.25) is 0 Å². The van der Waals surface area contributed by atoms with Crippen LogP contribution in [0.1, 0.15) is 6.42 Å². The van der Waals surface area contributed by atoms with Crippen molar-refractivity contribution in [3.05, 3.63) is 0 Å². The maximum Gasteiger partial charge on any atom is 0.320 e. The number of carbonyl (C=O) groups excluding carboxylic acids is 1. The lowest BCUT2D eigenvalue weighted by molar-refractivity contribution is -0.138. The van der Waals surface area contributed by atoms with Crippen LogP contribution in [0.5, 0.6) is 0 Å². The Kier molecular flexibility index (Phi) is 3.91. The summed E-state index contributed by atoms with van der Waals surface area (Å²) >= 11 is 3.74. The molecule has 0 saturated heterocycles.